The van der Waals surface area contributed by atoms with Gasteiger partial charge in [0.1, 0.15) is 0 Å². The van der Waals surface area contributed by atoms with Crippen LogP contribution in [0.3, 0.4) is 0 Å². The number of aryl methyl sites for hydroxylation is 2. The van der Waals surface area contributed by atoms with Crippen LogP contribution in [0.2, 0.25) is 0 Å². The van der Waals surface area contributed by atoms with E-state index in [9.17, 15) is 18.0 Å². The molecule has 2 aromatic carbocycles. The Morgan fingerprint density at radius 2 is 1.71 bits per heavy atom. The molecule has 2 amide bonds. The first-order valence-electron chi connectivity index (χ1n) is 7.21. The standard InChI is InChI=1S/C17H18N2O4S/c1-11-7-8-12(2)16(9-11)24(22,23)19-17(21)14-5-4-6-15(10-14)18-13(3)20/h4-10H,1-3H3,(H,18,20)(H,19,21). The average Bonchev–Trinajstić information content (AvgIpc) is 2.48. The van der Waals surface area contributed by atoms with Crippen molar-refractivity contribution < 1.29 is 18.0 Å². The third kappa shape index (κ3) is 4.20. The highest BCUT2D eigenvalue weighted by atomic mass is 32.2. The van der Waals surface area contributed by atoms with E-state index in [4.69, 9.17) is 0 Å². The molecule has 24 heavy (non-hydrogen) atoms. The minimum Gasteiger partial charge on any atom is -0.326 e. The van der Waals surface area contributed by atoms with Gasteiger partial charge in [-0.25, -0.2) is 13.1 Å². The first-order chi connectivity index (χ1) is 11.2. The molecule has 0 aliphatic carbocycles. The highest BCUT2D eigenvalue weighted by Crippen LogP contribution is 2.17. The lowest BCUT2D eigenvalue weighted by Crippen LogP contribution is -2.31. The van der Waals surface area contributed by atoms with Crippen LogP contribution in [-0.2, 0) is 14.8 Å². The summed E-state index contributed by atoms with van der Waals surface area (Å²) in [6.45, 7) is 4.78. The Hall–Kier alpha value is -2.67. The van der Waals surface area contributed by atoms with Crippen molar-refractivity contribution in [2.45, 2.75) is 25.7 Å². The number of hydrogen-bond donors (Lipinski definition) is 2. The van der Waals surface area contributed by atoms with Crippen molar-refractivity contribution in [1.29, 1.82) is 0 Å². The summed E-state index contributed by atoms with van der Waals surface area (Å²) in [4.78, 5) is 23.4. The van der Waals surface area contributed by atoms with Crippen molar-refractivity contribution in [3.63, 3.8) is 0 Å². The van der Waals surface area contributed by atoms with Crippen molar-refractivity contribution in [1.82, 2.24) is 4.72 Å². The van der Waals surface area contributed by atoms with Crippen LogP contribution in [0.1, 0.15) is 28.4 Å². The van der Waals surface area contributed by atoms with E-state index in [1.54, 1.807) is 38.1 Å². The van der Waals surface area contributed by atoms with Gasteiger partial charge in [0, 0.05) is 18.2 Å². The molecule has 2 aromatic rings. The van der Waals surface area contributed by atoms with E-state index in [0.717, 1.165) is 5.56 Å². The Morgan fingerprint density at radius 3 is 2.38 bits per heavy atom. The van der Waals surface area contributed by atoms with Crippen LogP contribution in [0.25, 0.3) is 0 Å². The predicted octanol–water partition coefficient (Wildman–Crippen LogP) is 2.38. The molecule has 0 unspecified atom stereocenters. The van der Waals surface area contributed by atoms with Gasteiger partial charge in [0.15, 0.2) is 0 Å². The molecule has 0 fully saturated rings. The molecule has 0 atom stereocenters. The Bertz CT molecular complexity index is 905. The molecule has 0 radical (unpaired) electrons. The Labute approximate surface area is 140 Å². The first kappa shape index (κ1) is 17.7. The summed E-state index contributed by atoms with van der Waals surface area (Å²) in [6.07, 6.45) is 0. The van der Waals surface area contributed by atoms with Gasteiger partial charge in [-0.15, -0.1) is 0 Å². The maximum atomic E-state index is 12.4. The second-order valence-electron chi connectivity index (χ2n) is 5.47. The summed E-state index contributed by atoms with van der Waals surface area (Å²) in [5, 5.41) is 2.54. The van der Waals surface area contributed by atoms with Gasteiger partial charge in [-0.2, -0.15) is 0 Å². The first-order valence-corrected chi connectivity index (χ1v) is 8.69. The topological polar surface area (TPSA) is 92.3 Å². The van der Waals surface area contributed by atoms with Crippen LogP contribution in [0.15, 0.2) is 47.4 Å². The van der Waals surface area contributed by atoms with E-state index in [1.165, 1.54) is 25.1 Å². The fourth-order valence-electron chi connectivity index (χ4n) is 2.17. The maximum absolute atomic E-state index is 12.4. The molecule has 0 heterocycles. The smallest absolute Gasteiger partial charge is 0.265 e. The predicted molar refractivity (Wildman–Crippen MR) is 91.3 cm³/mol. The molecule has 6 nitrogen and oxygen atoms in total. The van der Waals surface area contributed by atoms with Crippen LogP contribution in [0.5, 0.6) is 0 Å². The van der Waals surface area contributed by atoms with Crippen LogP contribution in [-0.4, -0.2) is 20.2 Å². The minimum absolute atomic E-state index is 0.0638. The molecule has 0 spiro atoms. The second-order valence-corrected chi connectivity index (χ2v) is 7.12. The van der Waals surface area contributed by atoms with Crippen LogP contribution < -0.4 is 10.0 Å². The Morgan fingerprint density at radius 1 is 1.00 bits per heavy atom. The highest BCUT2D eigenvalue weighted by Gasteiger charge is 2.21. The molecule has 0 aliphatic rings. The average molecular weight is 346 g/mol. The van der Waals surface area contributed by atoms with Gasteiger partial charge in [0.25, 0.3) is 15.9 Å². The van der Waals surface area contributed by atoms with E-state index in [2.05, 4.69) is 10.0 Å². The number of benzene rings is 2. The molecular weight excluding hydrogens is 328 g/mol. The molecule has 0 bridgehead atoms. The van der Waals surface area contributed by atoms with Gasteiger partial charge in [-0.05, 0) is 49.2 Å². The van der Waals surface area contributed by atoms with Gasteiger partial charge >= 0.3 is 0 Å². The summed E-state index contributed by atoms with van der Waals surface area (Å²) in [5.41, 5.74) is 1.88. The summed E-state index contributed by atoms with van der Waals surface area (Å²) in [6, 6.07) is 11.0. The number of carbonyl (C=O) groups is 2. The molecule has 2 rings (SSSR count). The number of anilines is 1. The molecular formula is C17H18N2O4S. The van der Waals surface area contributed by atoms with Crippen molar-refractivity contribution in [2.75, 3.05) is 5.32 Å². The molecule has 0 saturated carbocycles. The number of sulfonamides is 1. The van der Waals surface area contributed by atoms with E-state index in [0.29, 0.717) is 11.3 Å². The van der Waals surface area contributed by atoms with Gasteiger partial charge < -0.3 is 5.32 Å². The number of hydrogen-bond acceptors (Lipinski definition) is 4. The van der Waals surface area contributed by atoms with E-state index in [1.807, 2.05) is 0 Å². The third-order valence-corrected chi connectivity index (χ3v) is 4.78. The van der Waals surface area contributed by atoms with Crippen LogP contribution in [0.4, 0.5) is 5.69 Å². The molecule has 7 heteroatoms. The van der Waals surface area contributed by atoms with Crippen molar-refractivity contribution in [2.24, 2.45) is 0 Å². The SMILES string of the molecule is CC(=O)Nc1cccc(C(=O)NS(=O)(=O)c2cc(C)ccc2C)c1. The molecule has 0 aliphatic heterocycles. The molecule has 0 aromatic heterocycles. The lowest BCUT2D eigenvalue weighted by molar-refractivity contribution is -0.114. The molecule has 126 valence electrons. The quantitative estimate of drug-likeness (QED) is 0.889. The van der Waals surface area contributed by atoms with Crippen LogP contribution in [0, 0.1) is 13.8 Å². The lowest BCUT2D eigenvalue weighted by Gasteiger charge is -2.11. The third-order valence-electron chi connectivity index (χ3n) is 3.31. The van der Waals surface area contributed by atoms with Crippen LogP contribution >= 0.6 is 0 Å². The monoisotopic (exact) mass is 346 g/mol. The number of rotatable bonds is 4. The zero-order valence-corrected chi connectivity index (χ0v) is 14.4. The van der Waals surface area contributed by atoms with Crippen molar-refractivity contribution >= 4 is 27.5 Å². The number of nitrogens with one attached hydrogen (secondary N) is 2. The number of carbonyl (C=O) groups excluding carboxylic acids is 2. The number of amides is 2. The fourth-order valence-corrected chi connectivity index (χ4v) is 3.48. The summed E-state index contributed by atoms with van der Waals surface area (Å²) in [5.74, 6) is -1.04. The Balaban J connectivity index is 2.28. The Kier molecular flexibility index (Phi) is 5.04. The zero-order valence-electron chi connectivity index (χ0n) is 13.6. The van der Waals surface area contributed by atoms with Crippen molar-refractivity contribution in [3.8, 4) is 0 Å². The largest absolute Gasteiger partial charge is 0.326 e. The van der Waals surface area contributed by atoms with Gasteiger partial charge in [-0.3, -0.25) is 9.59 Å². The lowest BCUT2D eigenvalue weighted by atomic mass is 10.2. The van der Waals surface area contributed by atoms with E-state index >= 15 is 0 Å². The van der Waals surface area contributed by atoms with E-state index in [-0.39, 0.29) is 16.4 Å². The fraction of sp³-hybridized carbons (Fsp3) is 0.176. The van der Waals surface area contributed by atoms with Gasteiger partial charge in [-0.1, -0.05) is 18.2 Å². The maximum Gasteiger partial charge on any atom is 0.265 e. The normalized spacial score (nSPS) is 11.0. The summed E-state index contributed by atoms with van der Waals surface area (Å²) >= 11 is 0. The molecule has 2 N–H and O–H groups in total. The van der Waals surface area contributed by atoms with E-state index < -0.39 is 15.9 Å². The zero-order chi connectivity index (χ0) is 17.9. The minimum atomic E-state index is -3.98. The molecule has 0 saturated heterocycles. The summed E-state index contributed by atoms with van der Waals surface area (Å²) in [7, 11) is -3.98. The summed E-state index contributed by atoms with van der Waals surface area (Å²) < 4.78 is 27.0. The van der Waals surface area contributed by atoms with Gasteiger partial charge in [0.05, 0.1) is 4.90 Å². The van der Waals surface area contributed by atoms with Gasteiger partial charge in [0.2, 0.25) is 5.91 Å². The second kappa shape index (κ2) is 6.84. The van der Waals surface area contributed by atoms with Crippen molar-refractivity contribution in [3.05, 3.63) is 59.2 Å². The highest BCUT2D eigenvalue weighted by molar-refractivity contribution is 7.90.